The minimum atomic E-state index is 0.280. The number of nitrogens with two attached hydrogens (primary N) is 6. The Morgan fingerprint density at radius 3 is 0.960 bits per heavy atom. The molecule has 18 rings (SSSR count). The molecule has 18 aromatic rings. The lowest BCUT2D eigenvalue weighted by molar-refractivity contribution is 0.534. The SMILES string of the molecule is Cc1cc(N(C)c2n[nH]c(N)n2)co1.Cc1cc(Nc2n[nH]c(N)n2)co1.Cc1cc(Nc2nc(N(C)C)n[nH]2)co1.Cc1cocc1N(C)c1n[nH]c(N)n1.Cc1cocc1Nc1n[nH]c(N)n1.Cc1cocc1Nc1nc(N(C)C)n[nH]1.Cc1occc1N(C)c1n[nH]c(N)n1.Cc1occc1Nc1n[nH]c(N)n1.Cc1occc1Nc1nc(N(C)C)n[nH]1. The van der Waals surface area contributed by atoms with Crippen molar-refractivity contribution in [2.75, 3.05) is 159 Å². The van der Waals surface area contributed by atoms with Crippen molar-refractivity contribution < 1.29 is 39.8 Å². The number of aryl methyl sites for hydroxylation is 9. The second-order valence-electron chi connectivity index (χ2n) is 27.1. The van der Waals surface area contributed by atoms with Crippen molar-refractivity contribution in [2.45, 2.75) is 62.3 Å². The molecular weight excluding hydrogens is 1640 g/mol. The second kappa shape index (κ2) is 42.7. The van der Waals surface area contributed by atoms with Crippen LogP contribution in [0.1, 0.15) is 51.3 Å². The van der Waals surface area contributed by atoms with Crippen LogP contribution in [0.15, 0.2) is 151 Å². The minimum absolute atomic E-state index is 0.280. The molecule has 27 N–H and O–H groups in total. The second-order valence-corrected chi connectivity index (χ2v) is 27.1. The summed E-state index contributed by atoms with van der Waals surface area (Å²) in [7, 11) is 16.8. The number of nitrogens with zero attached hydrogens (tertiary/aromatic N) is 24. The number of anilines is 27. The Kier molecular flexibility index (Phi) is 30.7. The first-order valence-electron chi connectivity index (χ1n) is 37.3. The average molecular weight is 1740 g/mol. The summed E-state index contributed by atoms with van der Waals surface area (Å²) >= 11 is 0. The highest BCUT2D eigenvalue weighted by atomic mass is 16.4. The van der Waals surface area contributed by atoms with Gasteiger partial charge in [0.1, 0.15) is 72.1 Å². The molecule has 0 spiro atoms. The van der Waals surface area contributed by atoms with E-state index in [1.807, 2.05) is 171 Å². The van der Waals surface area contributed by atoms with Gasteiger partial charge in [-0.25, -0.2) is 45.9 Å². The third-order valence-electron chi connectivity index (χ3n) is 16.4. The zero-order valence-electron chi connectivity index (χ0n) is 71.8. The predicted molar refractivity (Wildman–Crippen MR) is 472 cm³/mol. The Hall–Kier alpha value is -17.8. The zero-order valence-corrected chi connectivity index (χ0v) is 71.8. The van der Waals surface area contributed by atoms with E-state index in [-0.39, 0.29) is 17.8 Å². The van der Waals surface area contributed by atoms with Crippen LogP contribution < -0.4 is 95.7 Å². The summed E-state index contributed by atoms with van der Waals surface area (Å²) in [5.74, 6) is 13.2. The van der Waals surface area contributed by atoms with Crippen molar-refractivity contribution in [3.63, 3.8) is 0 Å². The van der Waals surface area contributed by atoms with Gasteiger partial charge in [-0.1, -0.05) is 0 Å². The quantitative estimate of drug-likeness (QED) is 0.0318. The van der Waals surface area contributed by atoms with Gasteiger partial charge in [-0.05, 0) is 62.3 Å². The van der Waals surface area contributed by atoms with Crippen molar-refractivity contribution in [3.8, 4) is 0 Å². The van der Waals surface area contributed by atoms with Crippen molar-refractivity contribution in [1.29, 1.82) is 0 Å². The van der Waals surface area contributed by atoms with Crippen LogP contribution in [-0.2, 0) is 0 Å². The number of hydrogen-bond acceptors (Lipinski definition) is 45. The van der Waals surface area contributed by atoms with Crippen LogP contribution in [0.5, 0.6) is 0 Å². The molecule has 0 amide bonds. The minimum Gasteiger partial charge on any atom is -0.470 e. The monoisotopic (exact) mass is 1740 g/mol. The Morgan fingerprint density at radius 2 is 0.619 bits per heavy atom. The third kappa shape index (κ3) is 26.6. The highest BCUT2D eigenvalue weighted by Gasteiger charge is 2.18. The van der Waals surface area contributed by atoms with Gasteiger partial charge in [-0.3, -0.25) is 0 Å². The summed E-state index contributed by atoms with van der Waals surface area (Å²) in [4.78, 5) is 47.2. The van der Waals surface area contributed by atoms with Crippen LogP contribution in [-0.4, -0.2) is 200 Å². The summed E-state index contributed by atoms with van der Waals surface area (Å²) in [6.07, 6.45) is 19.5. The molecule has 18 heterocycles. The normalized spacial score (nSPS) is 10.3. The first-order chi connectivity index (χ1) is 60.3. The van der Waals surface area contributed by atoms with E-state index in [9.17, 15) is 0 Å². The van der Waals surface area contributed by atoms with E-state index >= 15 is 0 Å². The van der Waals surface area contributed by atoms with Crippen LogP contribution in [0.2, 0.25) is 0 Å². The molecule has 0 aliphatic heterocycles. The smallest absolute Gasteiger partial charge is 0.250 e. The molecule has 54 heteroatoms. The molecule has 0 bridgehead atoms. The summed E-state index contributed by atoms with van der Waals surface area (Å²) < 4.78 is 45.9. The maximum Gasteiger partial charge on any atom is 0.250 e. The van der Waals surface area contributed by atoms with Crippen LogP contribution in [0.25, 0.3) is 0 Å². The van der Waals surface area contributed by atoms with Crippen molar-refractivity contribution in [1.82, 2.24) is 137 Å². The summed E-state index contributed by atoms with van der Waals surface area (Å²) in [5, 5.41) is 77.0. The molecule has 666 valence electrons. The van der Waals surface area contributed by atoms with Crippen LogP contribution in [0.4, 0.5) is 158 Å². The Morgan fingerprint density at radius 1 is 0.278 bits per heavy atom. The fraction of sp³-hybridized carbons (Fsp3) is 0.250. The largest absolute Gasteiger partial charge is 0.470 e. The van der Waals surface area contributed by atoms with Gasteiger partial charge < -0.3 is 135 Å². The third-order valence-corrected chi connectivity index (χ3v) is 16.4. The molecule has 0 saturated carbocycles. The van der Waals surface area contributed by atoms with Crippen LogP contribution in [0, 0.1) is 62.3 Å². The number of rotatable bonds is 21. The number of nitrogen functional groups attached to an aromatic ring is 6. The first kappa shape index (κ1) is 90.5. The molecule has 0 aromatic carbocycles. The summed E-state index contributed by atoms with van der Waals surface area (Å²) in [6.45, 7) is 17.0. The maximum atomic E-state index is 5.43. The number of furan rings is 9. The van der Waals surface area contributed by atoms with Gasteiger partial charge in [0.25, 0.3) is 17.8 Å². The Balaban J connectivity index is 0.000000148. The molecular formula is C72H99N45O9. The molecule has 54 nitrogen and oxygen atoms in total. The molecule has 0 aliphatic carbocycles. The molecule has 126 heavy (non-hydrogen) atoms. The fourth-order valence-corrected chi connectivity index (χ4v) is 9.91. The van der Waals surface area contributed by atoms with Gasteiger partial charge in [0, 0.05) is 117 Å². The average Bonchev–Trinajstić information content (AvgIpc) is 1.77. The molecule has 0 atom stereocenters. The lowest BCUT2D eigenvalue weighted by atomic mass is 10.3. The lowest BCUT2D eigenvalue weighted by Gasteiger charge is -2.12. The number of hydrogen-bond donors (Lipinski definition) is 21. The van der Waals surface area contributed by atoms with E-state index in [1.54, 1.807) is 95.9 Å². The van der Waals surface area contributed by atoms with E-state index in [4.69, 9.17) is 74.2 Å². The van der Waals surface area contributed by atoms with E-state index < -0.39 is 0 Å². The number of aromatic nitrogens is 27. The molecule has 0 saturated heterocycles. The predicted octanol–water partition coefficient (Wildman–Crippen LogP) is 10.8. The van der Waals surface area contributed by atoms with E-state index in [0.717, 1.165) is 102 Å². The lowest BCUT2D eigenvalue weighted by Crippen LogP contribution is -2.11. The van der Waals surface area contributed by atoms with Crippen LogP contribution >= 0.6 is 0 Å². The van der Waals surface area contributed by atoms with Gasteiger partial charge in [-0.15, -0.1) is 45.9 Å². The molecule has 0 unspecified atom stereocenters. The molecule has 0 aliphatic rings. The molecule has 0 radical (unpaired) electrons. The fourth-order valence-electron chi connectivity index (χ4n) is 9.91. The molecule has 0 fully saturated rings. The van der Waals surface area contributed by atoms with Gasteiger partial charge in [0.2, 0.25) is 89.2 Å². The number of nitrogens with one attached hydrogen (secondary N) is 15. The van der Waals surface area contributed by atoms with Crippen molar-refractivity contribution in [2.24, 2.45) is 0 Å². The van der Waals surface area contributed by atoms with Gasteiger partial charge in [0.05, 0.1) is 88.8 Å². The topological polar surface area (TPSA) is 740 Å². The standard InChI is InChI=1S/3C9H13N5O.3C8H11N5O.3C7H9N5O/c1-6-4-15-5-7(6)10-8-11-9(13-12-8)14(2)3;1-6-4-7(5-15-6)10-8-11-9(13-12-8)14(2)3;1-6-7(4-5-15-6)10-8-11-9(13-12-8)14(2)3;1-5-3-14-4-6(5)13(2)8-10-7(9)11-12-8;1-5-3-6(4-14-5)13(2)8-10-7(9)11-12-8;1-5-6(3-4-14-5)13(2)8-10-7(9)11-12-8;1-4-2-13-3-5(4)9-7-10-6(8)11-12-7;1-4-2-5(3-13-4)9-7-10-6(8)11-12-7;1-4-5(2-3-13-4)9-7-10-6(8)11-12-7/h3*4-5H,1-3H3,(H2,10,11,12,13);3*3-4H,1-2H3,(H3,9,10,11,12);3*2-3H,1H3,(H4,8,9,10,11,12). The first-order valence-corrected chi connectivity index (χ1v) is 37.3. The zero-order chi connectivity index (χ0) is 90.7. The van der Waals surface area contributed by atoms with E-state index in [2.05, 4.69) is 169 Å². The Bertz CT molecular complexity index is 5860. The summed E-state index contributed by atoms with van der Waals surface area (Å²) in [5.41, 5.74) is 43.2. The maximum absolute atomic E-state index is 5.43. The highest BCUT2D eigenvalue weighted by Crippen LogP contribution is 2.29. The van der Waals surface area contributed by atoms with E-state index in [1.165, 1.54) is 0 Å². The highest BCUT2D eigenvalue weighted by molar-refractivity contribution is 5.63. The number of aromatic amines is 9. The van der Waals surface area contributed by atoms with Gasteiger partial charge >= 0.3 is 0 Å². The van der Waals surface area contributed by atoms with Crippen LogP contribution in [0.3, 0.4) is 0 Å². The summed E-state index contributed by atoms with van der Waals surface area (Å²) in [6, 6.07) is 11.1. The van der Waals surface area contributed by atoms with Crippen molar-refractivity contribution >= 4 is 158 Å². The Labute approximate surface area is 716 Å². The van der Waals surface area contributed by atoms with Gasteiger partial charge in [0.15, 0.2) is 0 Å². The van der Waals surface area contributed by atoms with Crippen molar-refractivity contribution in [3.05, 3.63) is 163 Å². The number of H-pyrrole nitrogens is 9. The van der Waals surface area contributed by atoms with Gasteiger partial charge in [-0.2, -0.15) is 44.9 Å². The van der Waals surface area contributed by atoms with E-state index in [0.29, 0.717) is 89.2 Å². The molecule has 18 aromatic heterocycles.